The molecule has 92 valence electrons. The van der Waals surface area contributed by atoms with Crippen LogP contribution >= 0.6 is 0 Å². The fourth-order valence-electron chi connectivity index (χ4n) is 2.20. The first-order chi connectivity index (χ1) is 8.22. The second-order valence-electron chi connectivity index (χ2n) is 4.70. The molecule has 0 aromatic heterocycles. The van der Waals surface area contributed by atoms with Crippen LogP contribution in [0.5, 0.6) is 0 Å². The van der Waals surface area contributed by atoms with Crippen molar-refractivity contribution in [3.8, 4) is 0 Å². The van der Waals surface area contributed by atoms with Gasteiger partial charge < -0.3 is 11.1 Å². The maximum absolute atomic E-state index is 11.9. The van der Waals surface area contributed by atoms with Crippen molar-refractivity contribution in [3.05, 3.63) is 35.4 Å². The largest absolute Gasteiger partial charge is 0.356 e. The molecule has 3 nitrogen and oxygen atoms in total. The minimum atomic E-state index is 0.0593. The van der Waals surface area contributed by atoms with E-state index in [1.165, 1.54) is 11.1 Å². The Morgan fingerprint density at radius 3 is 3.00 bits per heavy atom. The second-order valence-corrected chi connectivity index (χ2v) is 4.70. The number of amides is 1. The first-order valence-corrected chi connectivity index (χ1v) is 6.33. The lowest BCUT2D eigenvalue weighted by atomic mass is 9.77. The molecule has 2 unspecified atom stereocenters. The monoisotopic (exact) mass is 232 g/mol. The third-order valence-electron chi connectivity index (χ3n) is 3.51. The lowest BCUT2D eigenvalue weighted by Gasteiger charge is -2.29. The van der Waals surface area contributed by atoms with Crippen LogP contribution < -0.4 is 11.1 Å². The SMILES string of the molecule is CCC(N)CCNC(=O)C1Cc2ccccc21. The highest BCUT2D eigenvalue weighted by Gasteiger charge is 2.31. The molecule has 3 N–H and O–H groups in total. The number of rotatable bonds is 5. The standard InChI is InChI=1S/C14H20N2O/c1-2-11(15)7-8-16-14(17)13-9-10-5-3-4-6-12(10)13/h3-6,11,13H,2,7-9,15H2,1H3,(H,16,17). The van der Waals surface area contributed by atoms with Gasteiger partial charge in [0.1, 0.15) is 0 Å². The average Bonchev–Trinajstić information content (AvgIpc) is 2.30. The highest BCUT2D eigenvalue weighted by Crippen LogP contribution is 2.34. The van der Waals surface area contributed by atoms with Crippen molar-refractivity contribution in [2.75, 3.05) is 6.54 Å². The second kappa shape index (κ2) is 5.32. The fraction of sp³-hybridized carbons (Fsp3) is 0.500. The van der Waals surface area contributed by atoms with E-state index >= 15 is 0 Å². The van der Waals surface area contributed by atoms with E-state index in [0.29, 0.717) is 6.54 Å². The van der Waals surface area contributed by atoms with E-state index in [2.05, 4.69) is 18.3 Å². The summed E-state index contributed by atoms with van der Waals surface area (Å²) in [5.74, 6) is 0.205. The first-order valence-electron chi connectivity index (χ1n) is 6.33. The van der Waals surface area contributed by atoms with Crippen molar-refractivity contribution < 1.29 is 4.79 Å². The van der Waals surface area contributed by atoms with Gasteiger partial charge in [0.15, 0.2) is 0 Å². The summed E-state index contributed by atoms with van der Waals surface area (Å²) in [6, 6.07) is 8.34. The number of nitrogens with two attached hydrogens (primary N) is 1. The molecule has 1 aromatic rings. The lowest BCUT2D eigenvalue weighted by Crippen LogP contribution is -2.37. The van der Waals surface area contributed by atoms with Gasteiger partial charge in [0.25, 0.3) is 0 Å². The number of benzene rings is 1. The number of carbonyl (C=O) groups is 1. The van der Waals surface area contributed by atoms with E-state index in [1.54, 1.807) is 0 Å². The Morgan fingerprint density at radius 1 is 1.53 bits per heavy atom. The molecule has 0 spiro atoms. The summed E-state index contributed by atoms with van der Waals surface area (Å²) in [4.78, 5) is 11.9. The zero-order chi connectivity index (χ0) is 12.3. The summed E-state index contributed by atoms with van der Waals surface area (Å²) in [5.41, 5.74) is 8.30. The number of hydrogen-bond acceptors (Lipinski definition) is 2. The summed E-state index contributed by atoms with van der Waals surface area (Å²) in [5, 5.41) is 2.97. The molecule has 1 aliphatic carbocycles. The normalized spacial score (nSPS) is 19.1. The Morgan fingerprint density at radius 2 is 2.29 bits per heavy atom. The van der Waals surface area contributed by atoms with Gasteiger partial charge in [-0.15, -0.1) is 0 Å². The molecule has 0 heterocycles. The van der Waals surface area contributed by atoms with Crippen LogP contribution in [0.1, 0.15) is 36.8 Å². The number of carbonyl (C=O) groups excluding carboxylic acids is 1. The molecule has 1 aromatic carbocycles. The highest BCUT2D eigenvalue weighted by atomic mass is 16.1. The van der Waals surface area contributed by atoms with Crippen LogP contribution in [0.25, 0.3) is 0 Å². The van der Waals surface area contributed by atoms with Gasteiger partial charge in [0.2, 0.25) is 5.91 Å². The Hall–Kier alpha value is -1.35. The molecule has 0 bridgehead atoms. The Kier molecular flexibility index (Phi) is 3.79. The van der Waals surface area contributed by atoms with Crippen LogP contribution in [0.2, 0.25) is 0 Å². The number of hydrogen-bond donors (Lipinski definition) is 2. The van der Waals surface area contributed by atoms with Gasteiger partial charge in [-0.3, -0.25) is 4.79 Å². The van der Waals surface area contributed by atoms with Gasteiger partial charge in [-0.25, -0.2) is 0 Å². The quantitative estimate of drug-likeness (QED) is 0.809. The van der Waals surface area contributed by atoms with Crippen molar-refractivity contribution >= 4 is 5.91 Å². The van der Waals surface area contributed by atoms with E-state index in [1.807, 2.05) is 18.2 Å². The summed E-state index contributed by atoms with van der Waals surface area (Å²) < 4.78 is 0. The van der Waals surface area contributed by atoms with Crippen molar-refractivity contribution in [2.24, 2.45) is 5.73 Å². The van der Waals surface area contributed by atoms with Gasteiger partial charge in [0.05, 0.1) is 5.92 Å². The van der Waals surface area contributed by atoms with Crippen molar-refractivity contribution in [2.45, 2.75) is 38.1 Å². The third-order valence-corrected chi connectivity index (χ3v) is 3.51. The minimum Gasteiger partial charge on any atom is -0.356 e. The van der Waals surface area contributed by atoms with Gasteiger partial charge in [-0.1, -0.05) is 31.2 Å². The fourth-order valence-corrected chi connectivity index (χ4v) is 2.20. The maximum atomic E-state index is 11.9. The van der Waals surface area contributed by atoms with Crippen molar-refractivity contribution in [3.63, 3.8) is 0 Å². The molecular weight excluding hydrogens is 212 g/mol. The molecule has 2 atom stereocenters. The van der Waals surface area contributed by atoms with Crippen LogP contribution in [-0.2, 0) is 11.2 Å². The van der Waals surface area contributed by atoms with Gasteiger partial charge >= 0.3 is 0 Å². The van der Waals surface area contributed by atoms with E-state index in [0.717, 1.165) is 19.3 Å². The van der Waals surface area contributed by atoms with E-state index < -0.39 is 0 Å². The van der Waals surface area contributed by atoms with Crippen LogP contribution in [0.15, 0.2) is 24.3 Å². The topological polar surface area (TPSA) is 55.1 Å². The molecule has 1 amide bonds. The summed E-state index contributed by atoms with van der Waals surface area (Å²) in [6.07, 6.45) is 2.70. The minimum absolute atomic E-state index is 0.0593. The molecule has 3 heteroatoms. The summed E-state index contributed by atoms with van der Waals surface area (Å²) in [6.45, 7) is 2.75. The van der Waals surface area contributed by atoms with Crippen LogP contribution in [0.4, 0.5) is 0 Å². The van der Waals surface area contributed by atoms with Crippen molar-refractivity contribution in [1.82, 2.24) is 5.32 Å². The molecule has 1 aliphatic rings. The van der Waals surface area contributed by atoms with Crippen molar-refractivity contribution in [1.29, 1.82) is 0 Å². The zero-order valence-electron chi connectivity index (χ0n) is 10.3. The predicted molar refractivity (Wildman–Crippen MR) is 68.8 cm³/mol. The molecule has 0 saturated carbocycles. The summed E-state index contributed by atoms with van der Waals surface area (Å²) >= 11 is 0. The van der Waals surface area contributed by atoms with Crippen LogP contribution in [0, 0.1) is 0 Å². The van der Waals surface area contributed by atoms with Crippen LogP contribution in [0.3, 0.4) is 0 Å². The smallest absolute Gasteiger partial charge is 0.227 e. The first kappa shape index (κ1) is 12.1. The molecule has 0 aliphatic heterocycles. The maximum Gasteiger partial charge on any atom is 0.227 e. The molecule has 0 saturated heterocycles. The number of nitrogens with one attached hydrogen (secondary N) is 1. The lowest BCUT2D eigenvalue weighted by molar-refractivity contribution is -0.123. The van der Waals surface area contributed by atoms with E-state index in [-0.39, 0.29) is 17.9 Å². The predicted octanol–water partition coefficient (Wildman–Crippen LogP) is 1.57. The van der Waals surface area contributed by atoms with Gasteiger partial charge in [-0.2, -0.15) is 0 Å². The molecule has 0 fully saturated rings. The molecule has 2 rings (SSSR count). The third kappa shape index (κ3) is 2.67. The highest BCUT2D eigenvalue weighted by molar-refractivity contribution is 5.86. The number of fused-ring (bicyclic) bond motifs is 1. The molecular formula is C14H20N2O. The average molecular weight is 232 g/mol. The van der Waals surface area contributed by atoms with E-state index in [9.17, 15) is 4.79 Å². The molecule has 0 radical (unpaired) electrons. The van der Waals surface area contributed by atoms with Gasteiger partial charge in [-0.05, 0) is 30.4 Å². The van der Waals surface area contributed by atoms with E-state index in [4.69, 9.17) is 5.73 Å². The summed E-state index contributed by atoms with van der Waals surface area (Å²) in [7, 11) is 0. The van der Waals surface area contributed by atoms with Crippen LogP contribution in [-0.4, -0.2) is 18.5 Å². The van der Waals surface area contributed by atoms with Gasteiger partial charge in [0, 0.05) is 12.6 Å². The Labute approximate surface area is 102 Å². The zero-order valence-corrected chi connectivity index (χ0v) is 10.3. The Bertz CT molecular complexity index is 403. The Balaban J connectivity index is 1.80. The molecule has 17 heavy (non-hydrogen) atoms.